The summed E-state index contributed by atoms with van der Waals surface area (Å²) in [5, 5.41) is 4.66. The zero-order valence-electron chi connectivity index (χ0n) is 10.1. The van der Waals surface area contributed by atoms with Gasteiger partial charge in [-0.15, -0.1) is 11.3 Å². The number of thiazole rings is 1. The van der Waals surface area contributed by atoms with E-state index in [1.807, 2.05) is 0 Å². The smallest absolute Gasteiger partial charge is 0.111 e. The molecule has 4 heteroatoms. The quantitative estimate of drug-likeness (QED) is 0.887. The van der Waals surface area contributed by atoms with E-state index < -0.39 is 0 Å². The van der Waals surface area contributed by atoms with Crippen LogP contribution in [0.25, 0.3) is 10.2 Å². The zero-order chi connectivity index (χ0) is 11.8. The van der Waals surface area contributed by atoms with E-state index in [1.54, 1.807) is 18.4 Å². The largest absolute Gasteiger partial charge is 0.380 e. The molecule has 3 rings (SSSR count). The summed E-state index contributed by atoms with van der Waals surface area (Å²) in [4.78, 5) is 4.72. The maximum atomic E-state index is 5.37. The van der Waals surface area contributed by atoms with Crippen LogP contribution in [0.1, 0.15) is 23.0 Å². The van der Waals surface area contributed by atoms with Crippen LogP contribution in [0.3, 0.4) is 0 Å². The highest BCUT2D eigenvalue weighted by molar-refractivity contribution is 7.18. The van der Waals surface area contributed by atoms with Gasteiger partial charge < -0.3 is 10.1 Å². The SMILES string of the molecule is COC1CNC(c2nc3cc(C)ccc3s2)C1. The summed E-state index contributed by atoms with van der Waals surface area (Å²) >= 11 is 1.79. The second kappa shape index (κ2) is 4.37. The molecule has 0 saturated carbocycles. The van der Waals surface area contributed by atoms with Crippen LogP contribution in [-0.4, -0.2) is 24.7 Å². The number of ether oxygens (including phenoxy) is 1. The Balaban J connectivity index is 1.91. The fraction of sp³-hybridized carbons (Fsp3) is 0.462. The van der Waals surface area contributed by atoms with Gasteiger partial charge in [-0.25, -0.2) is 4.98 Å². The lowest BCUT2D eigenvalue weighted by Crippen LogP contribution is -2.15. The van der Waals surface area contributed by atoms with Crippen LogP contribution in [0.5, 0.6) is 0 Å². The molecule has 1 aromatic heterocycles. The van der Waals surface area contributed by atoms with Gasteiger partial charge in [-0.2, -0.15) is 0 Å². The maximum Gasteiger partial charge on any atom is 0.111 e. The molecule has 1 aliphatic heterocycles. The Labute approximate surface area is 105 Å². The van der Waals surface area contributed by atoms with Crippen LogP contribution in [0.2, 0.25) is 0 Å². The predicted octanol–water partition coefficient (Wildman–Crippen LogP) is 2.65. The van der Waals surface area contributed by atoms with E-state index in [0.29, 0.717) is 12.1 Å². The molecule has 0 amide bonds. The molecular weight excluding hydrogens is 232 g/mol. The van der Waals surface area contributed by atoms with Gasteiger partial charge in [-0.3, -0.25) is 0 Å². The van der Waals surface area contributed by atoms with E-state index in [2.05, 4.69) is 30.4 Å². The van der Waals surface area contributed by atoms with Gasteiger partial charge in [-0.1, -0.05) is 6.07 Å². The third kappa shape index (κ3) is 2.08. The number of aryl methyl sites for hydroxylation is 1. The molecule has 0 spiro atoms. The Morgan fingerprint density at radius 1 is 1.47 bits per heavy atom. The molecule has 2 atom stereocenters. The Morgan fingerprint density at radius 3 is 3.12 bits per heavy atom. The van der Waals surface area contributed by atoms with Crippen molar-refractivity contribution in [1.29, 1.82) is 0 Å². The number of benzene rings is 1. The molecule has 2 aromatic rings. The lowest BCUT2D eigenvalue weighted by molar-refractivity contribution is 0.117. The van der Waals surface area contributed by atoms with E-state index in [0.717, 1.165) is 18.5 Å². The molecule has 0 aliphatic carbocycles. The summed E-state index contributed by atoms with van der Waals surface area (Å²) in [5.41, 5.74) is 2.39. The number of nitrogens with one attached hydrogen (secondary N) is 1. The molecule has 1 aromatic carbocycles. The molecule has 90 valence electrons. The summed E-state index contributed by atoms with van der Waals surface area (Å²) in [5.74, 6) is 0. The van der Waals surface area contributed by atoms with Gasteiger partial charge in [-0.05, 0) is 31.0 Å². The molecular formula is C13H16N2OS. The first-order chi connectivity index (χ1) is 8.26. The average molecular weight is 248 g/mol. The van der Waals surface area contributed by atoms with Crippen molar-refractivity contribution in [2.24, 2.45) is 0 Å². The van der Waals surface area contributed by atoms with Crippen molar-refractivity contribution in [3.05, 3.63) is 28.8 Å². The van der Waals surface area contributed by atoms with Gasteiger partial charge in [0.05, 0.1) is 22.4 Å². The molecule has 0 radical (unpaired) electrons. The van der Waals surface area contributed by atoms with Crippen molar-refractivity contribution in [2.75, 3.05) is 13.7 Å². The lowest BCUT2D eigenvalue weighted by Gasteiger charge is -2.05. The fourth-order valence-electron chi connectivity index (χ4n) is 2.28. The maximum absolute atomic E-state index is 5.37. The average Bonchev–Trinajstić information content (AvgIpc) is 2.93. The van der Waals surface area contributed by atoms with Gasteiger partial charge in [0.2, 0.25) is 0 Å². The number of rotatable bonds is 2. The van der Waals surface area contributed by atoms with Gasteiger partial charge in [0.25, 0.3) is 0 Å². The number of nitrogens with zero attached hydrogens (tertiary/aromatic N) is 1. The number of hydrogen-bond donors (Lipinski definition) is 1. The zero-order valence-corrected chi connectivity index (χ0v) is 10.9. The van der Waals surface area contributed by atoms with Crippen LogP contribution < -0.4 is 5.32 Å². The van der Waals surface area contributed by atoms with E-state index >= 15 is 0 Å². The molecule has 1 N–H and O–H groups in total. The highest BCUT2D eigenvalue weighted by atomic mass is 32.1. The van der Waals surface area contributed by atoms with Gasteiger partial charge in [0.1, 0.15) is 5.01 Å². The van der Waals surface area contributed by atoms with Crippen molar-refractivity contribution in [3.63, 3.8) is 0 Å². The second-order valence-corrected chi connectivity index (χ2v) is 5.64. The number of hydrogen-bond acceptors (Lipinski definition) is 4. The standard InChI is InChI=1S/C13H16N2OS/c1-8-3-4-12-10(5-8)15-13(17-12)11-6-9(16-2)7-14-11/h3-5,9,11,14H,6-7H2,1-2H3. The minimum atomic E-state index is 0.328. The molecule has 2 heterocycles. The summed E-state index contributed by atoms with van der Waals surface area (Å²) < 4.78 is 6.64. The minimum Gasteiger partial charge on any atom is -0.380 e. The summed E-state index contributed by atoms with van der Waals surface area (Å²) in [7, 11) is 1.77. The van der Waals surface area contributed by atoms with E-state index in [9.17, 15) is 0 Å². The Hall–Kier alpha value is -0.970. The third-order valence-electron chi connectivity index (χ3n) is 3.28. The van der Waals surface area contributed by atoms with Crippen molar-refractivity contribution < 1.29 is 4.74 Å². The van der Waals surface area contributed by atoms with Crippen molar-refractivity contribution in [1.82, 2.24) is 10.3 Å². The first-order valence-electron chi connectivity index (χ1n) is 5.89. The molecule has 1 fully saturated rings. The Bertz CT molecular complexity index is 537. The minimum absolute atomic E-state index is 0.328. The van der Waals surface area contributed by atoms with Crippen LogP contribution in [-0.2, 0) is 4.74 Å². The third-order valence-corrected chi connectivity index (χ3v) is 4.43. The Morgan fingerprint density at radius 2 is 2.35 bits per heavy atom. The van der Waals surface area contributed by atoms with Crippen LogP contribution in [0, 0.1) is 6.92 Å². The molecule has 2 unspecified atom stereocenters. The van der Waals surface area contributed by atoms with Crippen molar-refractivity contribution in [3.8, 4) is 0 Å². The normalized spacial score (nSPS) is 24.6. The molecule has 1 saturated heterocycles. The van der Waals surface area contributed by atoms with E-state index in [-0.39, 0.29) is 0 Å². The highest BCUT2D eigenvalue weighted by Crippen LogP contribution is 2.31. The molecule has 17 heavy (non-hydrogen) atoms. The summed E-state index contributed by atoms with van der Waals surface area (Å²) in [6.45, 7) is 3.03. The van der Waals surface area contributed by atoms with Gasteiger partial charge in [0, 0.05) is 13.7 Å². The monoisotopic (exact) mass is 248 g/mol. The summed E-state index contributed by atoms with van der Waals surface area (Å²) in [6.07, 6.45) is 1.35. The van der Waals surface area contributed by atoms with Gasteiger partial charge in [0.15, 0.2) is 0 Å². The van der Waals surface area contributed by atoms with Crippen LogP contribution >= 0.6 is 11.3 Å². The predicted molar refractivity (Wildman–Crippen MR) is 70.5 cm³/mol. The Kier molecular flexibility index (Phi) is 2.86. The first-order valence-corrected chi connectivity index (χ1v) is 6.71. The number of fused-ring (bicyclic) bond motifs is 1. The van der Waals surface area contributed by atoms with Crippen molar-refractivity contribution >= 4 is 21.6 Å². The highest BCUT2D eigenvalue weighted by Gasteiger charge is 2.27. The molecule has 3 nitrogen and oxygen atoms in total. The molecule has 1 aliphatic rings. The first kappa shape index (κ1) is 11.1. The van der Waals surface area contributed by atoms with Gasteiger partial charge >= 0.3 is 0 Å². The number of methoxy groups -OCH3 is 1. The van der Waals surface area contributed by atoms with Crippen LogP contribution in [0.4, 0.5) is 0 Å². The fourth-order valence-corrected chi connectivity index (χ4v) is 3.31. The number of aromatic nitrogens is 1. The second-order valence-electron chi connectivity index (χ2n) is 4.58. The van der Waals surface area contributed by atoms with Crippen LogP contribution in [0.15, 0.2) is 18.2 Å². The lowest BCUT2D eigenvalue weighted by atomic mass is 10.2. The van der Waals surface area contributed by atoms with E-state index in [4.69, 9.17) is 9.72 Å². The van der Waals surface area contributed by atoms with Crippen molar-refractivity contribution in [2.45, 2.75) is 25.5 Å². The molecule has 0 bridgehead atoms. The summed E-state index contributed by atoms with van der Waals surface area (Å²) in [6, 6.07) is 6.81. The van der Waals surface area contributed by atoms with E-state index in [1.165, 1.54) is 15.3 Å². The topological polar surface area (TPSA) is 34.1 Å².